The first-order valence-corrected chi connectivity index (χ1v) is 6.94. The number of rotatable bonds is 6. The molecule has 1 unspecified atom stereocenters. The van der Waals surface area contributed by atoms with E-state index < -0.39 is 6.10 Å². The maximum atomic E-state index is 10.2. The van der Waals surface area contributed by atoms with Crippen molar-refractivity contribution in [1.29, 1.82) is 0 Å². The van der Waals surface area contributed by atoms with E-state index >= 15 is 0 Å². The lowest BCUT2D eigenvalue weighted by Gasteiger charge is -2.08. The number of aromatic nitrogens is 4. The van der Waals surface area contributed by atoms with Crippen molar-refractivity contribution in [3.05, 3.63) is 28.5 Å². The van der Waals surface area contributed by atoms with E-state index in [1.807, 2.05) is 19.4 Å². The van der Waals surface area contributed by atoms with Crippen LogP contribution in [0.25, 0.3) is 0 Å². The minimum atomic E-state index is -0.466. The average Bonchev–Trinajstić information content (AvgIpc) is 2.96. The van der Waals surface area contributed by atoms with E-state index in [9.17, 15) is 5.11 Å². The third kappa shape index (κ3) is 3.14. The molecule has 1 N–H and O–H groups in total. The Bertz CT molecular complexity index is 494. The van der Waals surface area contributed by atoms with Gasteiger partial charge in [-0.2, -0.15) is 5.10 Å². The zero-order valence-electron chi connectivity index (χ0n) is 10.7. The standard InChI is InChI=1S/C12H18N4OS/c1-3-4-10-12(18-15-14-10)11(17)6-5-9-7-13-16(2)8-9/h7-8,11,17H,3-6H2,1-2H3. The Balaban J connectivity index is 1.94. The van der Waals surface area contributed by atoms with Crippen molar-refractivity contribution in [2.75, 3.05) is 0 Å². The molecule has 2 heterocycles. The Hall–Kier alpha value is -1.27. The van der Waals surface area contributed by atoms with Crippen molar-refractivity contribution in [3.63, 3.8) is 0 Å². The second-order valence-corrected chi connectivity index (χ2v) is 5.20. The fourth-order valence-electron chi connectivity index (χ4n) is 1.91. The van der Waals surface area contributed by atoms with Gasteiger partial charge in [-0.1, -0.05) is 17.8 Å². The Morgan fingerprint density at radius 2 is 2.28 bits per heavy atom. The molecule has 0 aliphatic heterocycles. The van der Waals surface area contributed by atoms with Crippen LogP contribution in [0.15, 0.2) is 12.4 Å². The maximum absolute atomic E-state index is 10.2. The van der Waals surface area contributed by atoms with E-state index in [-0.39, 0.29) is 0 Å². The third-order valence-electron chi connectivity index (χ3n) is 2.84. The van der Waals surface area contributed by atoms with Crippen LogP contribution in [0.2, 0.25) is 0 Å². The van der Waals surface area contributed by atoms with Crippen LogP contribution in [0.4, 0.5) is 0 Å². The van der Waals surface area contributed by atoms with Gasteiger partial charge in [-0.3, -0.25) is 4.68 Å². The smallest absolute Gasteiger partial charge is 0.0920 e. The Kier molecular flexibility index (Phi) is 4.43. The van der Waals surface area contributed by atoms with Crippen LogP contribution in [-0.4, -0.2) is 24.5 Å². The van der Waals surface area contributed by atoms with Crippen molar-refractivity contribution < 1.29 is 5.11 Å². The molecule has 0 aliphatic carbocycles. The van der Waals surface area contributed by atoms with Crippen LogP contribution in [-0.2, 0) is 19.9 Å². The molecule has 0 saturated heterocycles. The number of aliphatic hydroxyl groups is 1. The number of aryl methyl sites for hydroxylation is 3. The highest BCUT2D eigenvalue weighted by Crippen LogP contribution is 2.25. The monoisotopic (exact) mass is 266 g/mol. The van der Waals surface area contributed by atoms with Crippen LogP contribution in [0.3, 0.4) is 0 Å². The fraction of sp³-hybridized carbons (Fsp3) is 0.583. The number of nitrogens with zero attached hydrogens (tertiary/aromatic N) is 4. The van der Waals surface area contributed by atoms with Crippen molar-refractivity contribution in [2.45, 2.75) is 38.7 Å². The minimum Gasteiger partial charge on any atom is -0.387 e. The summed E-state index contributed by atoms with van der Waals surface area (Å²) in [6, 6.07) is 0. The maximum Gasteiger partial charge on any atom is 0.0920 e. The first kappa shape index (κ1) is 13.2. The second-order valence-electron chi connectivity index (χ2n) is 4.41. The van der Waals surface area contributed by atoms with Gasteiger partial charge in [0.25, 0.3) is 0 Å². The molecule has 0 fully saturated rings. The summed E-state index contributed by atoms with van der Waals surface area (Å²) in [6.45, 7) is 2.10. The lowest BCUT2D eigenvalue weighted by molar-refractivity contribution is 0.170. The van der Waals surface area contributed by atoms with Crippen LogP contribution in [0.1, 0.15) is 42.0 Å². The molecule has 5 nitrogen and oxygen atoms in total. The van der Waals surface area contributed by atoms with Gasteiger partial charge in [0.2, 0.25) is 0 Å². The SMILES string of the molecule is CCCc1nnsc1C(O)CCc1cnn(C)c1. The van der Waals surface area contributed by atoms with Crippen molar-refractivity contribution >= 4 is 11.5 Å². The highest BCUT2D eigenvalue weighted by Gasteiger charge is 2.16. The average molecular weight is 266 g/mol. The van der Waals surface area contributed by atoms with Gasteiger partial charge in [0.1, 0.15) is 0 Å². The lowest BCUT2D eigenvalue weighted by atomic mass is 10.1. The van der Waals surface area contributed by atoms with Crippen molar-refractivity contribution in [2.24, 2.45) is 7.05 Å². The molecule has 0 aromatic carbocycles. The summed E-state index contributed by atoms with van der Waals surface area (Å²) < 4.78 is 5.71. The van der Waals surface area contributed by atoms with Crippen LogP contribution >= 0.6 is 11.5 Å². The van der Waals surface area contributed by atoms with Gasteiger partial charge in [0.15, 0.2) is 0 Å². The minimum absolute atomic E-state index is 0.466. The zero-order chi connectivity index (χ0) is 13.0. The van der Waals surface area contributed by atoms with Gasteiger partial charge >= 0.3 is 0 Å². The number of hydrogen-bond acceptors (Lipinski definition) is 5. The summed E-state index contributed by atoms with van der Waals surface area (Å²) in [5, 5.41) is 18.4. The van der Waals surface area contributed by atoms with Crippen molar-refractivity contribution in [1.82, 2.24) is 19.4 Å². The molecular formula is C12H18N4OS. The van der Waals surface area contributed by atoms with E-state index in [1.54, 1.807) is 4.68 Å². The molecule has 0 radical (unpaired) electrons. The third-order valence-corrected chi connectivity index (χ3v) is 3.71. The Morgan fingerprint density at radius 1 is 1.44 bits per heavy atom. The summed E-state index contributed by atoms with van der Waals surface area (Å²) in [5.41, 5.74) is 2.09. The summed E-state index contributed by atoms with van der Waals surface area (Å²) in [7, 11) is 1.90. The first-order valence-electron chi connectivity index (χ1n) is 6.17. The van der Waals surface area contributed by atoms with Gasteiger partial charge in [0.05, 0.1) is 22.9 Å². The molecule has 98 valence electrons. The van der Waals surface area contributed by atoms with Gasteiger partial charge in [0, 0.05) is 13.2 Å². The highest BCUT2D eigenvalue weighted by molar-refractivity contribution is 7.05. The molecule has 2 aromatic rings. The highest BCUT2D eigenvalue weighted by atomic mass is 32.1. The number of aliphatic hydroxyl groups excluding tert-OH is 1. The van der Waals surface area contributed by atoms with Gasteiger partial charge in [-0.25, -0.2) is 0 Å². The zero-order valence-corrected chi connectivity index (χ0v) is 11.5. The molecule has 0 bridgehead atoms. The Labute approximate surface area is 111 Å². The first-order chi connectivity index (χ1) is 8.70. The van der Waals surface area contributed by atoms with Gasteiger partial charge in [-0.05, 0) is 36.4 Å². The number of hydrogen-bond donors (Lipinski definition) is 1. The lowest BCUT2D eigenvalue weighted by Crippen LogP contribution is -2.01. The molecule has 6 heteroatoms. The van der Waals surface area contributed by atoms with Crippen LogP contribution in [0.5, 0.6) is 0 Å². The molecule has 0 saturated carbocycles. The van der Waals surface area contributed by atoms with E-state index in [0.29, 0.717) is 6.42 Å². The largest absolute Gasteiger partial charge is 0.387 e. The normalized spacial score (nSPS) is 12.8. The molecule has 2 rings (SSSR count). The van der Waals surface area contributed by atoms with E-state index in [1.165, 1.54) is 11.5 Å². The van der Waals surface area contributed by atoms with Gasteiger partial charge in [-0.15, -0.1) is 5.10 Å². The quantitative estimate of drug-likeness (QED) is 0.867. The molecule has 18 heavy (non-hydrogen) atoms. The van der Waals surface area contributed by atoms with Crippen molar-refractivity contribution in [3.8, 4) is 0 Å². The summed E-state index contributed by atoms with van der Waals surface area (Å²) in [5.74, 6) is 0. The molecule has 0 spiro atoms. The summed E-state index contributed by atoms with van der Waals surface area (Å²) >= 11 is 1.31. The Morgan fingerprint density at radius 3 is 2.94 bits per heavy atom. The molecule has 0 amide bonds. The predicted octanol–water partition coefficient (Wildman–Crippen LogP) is 1.89. The summed E-state index contributed by atoms with van der Waals surface area (Å²) in [4.78, 5) is 0.917. The van der Waals surface area contributed by atoms with Crippen LogP contribution in [0, 0.1) is 0 Å². The van der Waals surface area contributed by atoms with E-state index in [0.717, 1.165) is 35.4 Å². The summed E-state index contributed by atoms with van der Waals surface area (Å²) in [6.07, 6.45) is 6.76. The molecule has 2 aromatic heterocycles. The fourth-order valence-corrected chi connectivity index (χ4v) is 2.63. The van der Waals surface area contributed by atoms with E-state index in [2.05, 4.69) is 21.6 Å². The molecule has 1 atom stereocenters. The topological polar surface area (TPSA) is 63.8 Å². The second kappa shape index (κ2) is 6.06. The van der Waals surface area contributed by atoms with Gasteiger partial charge < -0.3 is 5.11 Å². The molecule has 0 aliphatic rings. The molecular weight excluding hydrogens is 248 g/mol. The van der Waals surface area contributed by atoms with Crippen LogP contribution < -0.4 is 0 Å². The van der Waals surface area contributed by atoms with E-state index in [4.69, 9.17) is 0 Å². The predicted molar refractivity (Wildman–Crippen MR) is 70.4 cm³/mol.